The van der Waals surface area contributed by atoms with Gasteiger partial charge in [0.25, 0.3) is 0 Å². The first-order valence-electron chi connectivity index (χ1n) is 5.44. The third kappa shape index (κ3) is 2.70. The molecule has 0 saturated heterocycles. The molecule has 0 fully saturated rings. The minimum Gasteiger partial charge on any atom is -0.481 e. The van der Waals surface area contributed by atoms with Crippen molar-refractivity contribution in [3.05, 3.63) is 29.0 Å². The van der Waals surface area contributed by atoms with Crippen molar-refractivity contribution in [1.29, 1.82) is 0 Å². The minimum absolute atomic E-state index is 0.0615. The van der Waals surface area contributed by atoms with Crippen LogP contribution in [-0.2, 0) is 4.79 Å². The fourth-order valence-electron chi connectivity index (χ4n) is 1.71. The standard InChI is InChI=1S/C11H10ClFN4O2/c1-6(5-9(18)19)17-11(14-15-16-17)10-7(12)3-2-4-8(10)13/h2-4,6H,5H2,1H3,(H,18,19). The summed E-state index contributed by atoms with van der Waals surface area (Å²) >= 11 is 5.94. The summed E-state index contributed by atoms with van der Waals surface area (Å²) < 4.78 is 15.1. The first-order chi connectivity index (χ1) is 9.00. The van der Waals surface area contributed by atoms with Gasteiger partial charge < -0.3 is 5.11 Å². The van der Waals surface area contributed by atoms with E-state index in [4.69, 9.17) is 16.7 Å². The zero-order valence-electron chi connectivity index (χ0n) is 9.92. The van der Waals surface area contributed by atoms with E-state index in [0.717, 1.165) is 0 Å². The predicted molar refractivity (Wildman–Crippen MR) is 65.2 cm³/mol. The Balaban J connectivity index is 2.47. The fraction of sp³-hybridized carbons (Fsp3) is 0.273. The Morgan fingerprint density at radius 1 is 1.58 bits per heavy atom. The van der Waals surface area contributed by atoms with Gasteiger partial charge in [-0.05, 0) is 29.5 Å². The van der Waals surface area contributed by atoms with Crippen molar-refractivity contribution in [2.24, 2.45) is 0 Å². The summed E-state index contributed by atoms with van der Waals surface area (Å²) in [5, 5.41) is 19.8. The number of nitrogens with zero attached hydrogens (tertiary/aromatic N) is 4. The molecular weight excluding hydrogens is 275 g/mol. The van der Waals surface area contributed by atoms with Gasteiger partial charge >= 0.3 is 5.97 Å². The van der Waals surface area contributed by atoms with E-state index in [1.165, 1.54) is 22.9 Å². The molecular formula is C11H10ClFN4O2. The maximum absolute atomic E-state index is 13.8. The van der Waals surface area contributed by atoms with Crippen LogP contribution >= 0.6 is 11.6 Å². The lowest BCUT2D eigenvalue weighted by atomic mass is 10.1. The molecule has 0 aliphatic carbocycles. The second kappa shape index (κ2) is 5.31. The van der Waals surface area contributed by atoms with Crippen LogP contribution in [0.2, 0.25) is 5.02 Å². The van der Waals surface area contributed by atoms with Gasteiger partial charge in [-0.1, -0.05) is 17.7 Å². The molecule has 1 heterocycles. The molecule has 0 saturated carbocycles. The van der Waals surface area contributed by atoms with Crippen LogP contribution in [0.1, 0.15) is 19.4 Å². The zero-order valence-corrected chi connectivity index (χ0v) is 10.7. The largest absolute Gasteiger partial charge is 0.481 e. The van der Waals surface area contributed by atoms with E-state index in [9.17, 15) is 9.18 Å². The van der Waals surface area contributed by atoms with E-state index < -0.39 is 17.8 Å². The van der Waals surface area contributed by atoms with Gasteiger partial charge in [0.05, 0.1) is 23.0 Å². The highest BCUT2D eigenvalue weighted by Crippen LogP contribution is 2.30. The first-order valence-corrected chi connectivity index (χ1v) is 5.82. The maximum atomic E-state index is 13.8. The van der Waals surface area contributed by atoms with Crippen molar-refractivity contribution in [1.82, 2.24) is 20.2 Å². The SMILES string of the molecule is CC(CC(=O)O)n1nnnc1-c1c(F)cccc1Cl. The molecule has 0 amide bonds. The highest BCUT2D eigenvalue weighted by atomic mass is 35.5. The monoisotopic (exact) mass is 284 g/mol. The second-order valence-corrected chi connectivity index (χ2v) is 4.40. The van der Waals surface area contributed by atoms with Crippen molar-refractivity contribution < 1.29 is 14.3 Å². The summed E-state index contributed by atoms with van der Waals surface area (Å²) in [5.74, 6) is -1.45. The number of carbonyl (C=O) groups is 1. The fourth-order valence-corrected chi connectivity index (χ4v) is 1.95. The molecule has 2 aromatic rings. The molecule has 0 radical (unpaired) electrons. The van der Waals surface area contributed by atoms with Crippen LogP contribution in [0.4, 0.5) is 4.39 Å². The molecule has 1 aromatic carbocycles. The van der Waals surface area contributed by atoms with Gasteiger partial charge in [-0.3, -0.25) is 4.79 Å². The average molecular weight is 285 g/mol. The van der Waals surface area contributed by atoms with Crippen molar-refractivity contribution in [3.63, 3.8) is 0 Å². The third-order valence-corrected chi connectivity index (χ3v) is 2.88. The Kier molecular flexibility index (Phi) is 3.75. The smallest absolute Gasteiger partial charge is 0.305 e. The molecule has 1 aromatic heterocycles. The molecule has 2 rings (SSSR count). The molecule has 0 bridgehead atoms. The Morgan fingerprint density at radius 2 is 2.32 bits per heavy atom. The highest BCUT2D eigenvalue weighted by Gasteiger charge is 2.21. The molecule has 0 aliphatic rings. The first kappa shape index (κ1) is 13.4. The molecule has 0 aliphatic heterocycles. The van der Waals surface area contributed by atoms with E-state index in [1.807, 2.05) is 0 Å². The van der Waals surface area contributed by atoms with Gasteiger partial charge in [0.1, 0.15) is 5.82 Å². The third-order valence-electron chi connectivity index (χ3n) is 2.57. The van der Waals surface area contributed by atoms with Crippen molar-refractivity contribution in [2.75, 3.05) is 0 Å². The summed E-state index contributed by atoms with van der Waals surface area (Å²) in [6.07, 6.45) is -0.176. The number of benzene rings is 1. The molecule has 6 nitrogen and oxygen atoms in total. The molecule has 1 atom stereocenters. The summed E-state index contributed by atoms with van der Waals surface area (Å²) in [6, 6.07) is 3.71. The van der Waals surface area contributed by atoms with Gasteiger partial charge in [0.2, 0.25) is 0 Å². The number of halogens is 2. The molecule has 1 unspecified atom stereocenters. The number of carboxylic acids is 1. The van der Waals surface area contributed by atoms with E-state index in [1.54, 1.807) is 6.92 Å². The number of rotatable bonds is 4. The van der Waals surface area contributed by atoms with E-state index in [-0.39, 0.29) is 22.8 Å². The lowest BCUT2D eigenvalue weighted by Crippen LogP contribution is -2.13. The Morgan fingerprint density at radius 3 is 2.95 bits per heavy atom. The summed E-state index contributed by atoms with van der Waals surface area (Å²) in [6.45, 7) is 1.63. The number of hydrogen-bond acceptors (Lipinski definition) is 4. The summed E-state index contributed by atoms with van der Waals surface area (Å²) in [4.78, 5) is 10.7. The van der Waals surface area contributed by atoms with Crippen LogP contribution in [-0.4, -0.2) is 31.3 Å². The van der Waals surface area contributed by atoms with Crippen LogP contribution in [0.5, 0.6) is 0 Å². The highest BCUT2D eigenvalue weighted by molar-refractivity contribution is 6.33. The number of carboxylic acid groups (broad SMARTS) is 1. The Bertz CT molecular complexity index is 596. The zero-order chi connectivity index (χ0) is 14.0. The van der Waals surface area contributed by atoms with Gasteiger partial charge in [-0.2, -0.15) is 0 Å². The van der Waals surface area contributed by atoms with Crippen molar-refractivity contribution >= 4 is 17.6 Å². The van der Waals surface area contributed by atoms with E-state index >= 15 is 0 Å². The van der Waals surface area contributed by atoms with Gasteiger partial charge in [-0.25, -0.2) is 9.07 Å². The maximum Gasteiger partial charge on any atom is 0.305 e. The van der Waals surface area contributed by atoms with Gasteiger partial charge in [-0.15, -0.1) is 5.10 Å². The number of hydrogen-bond donors (Lipinski definition) is 1. The quantitative estimate of drug-likeness (QED) is 0.930. The molecule has 1 N–H and O–H groups in total. The minimum atomic E-state index is -0.992. The number of aliphatic carboxylic acids is 1. The number of aromatic nitrogens is 4. The summed E-state index contributed by atoms with van der Waals surface area (Å²) in [7, 11) is 0. The Labute approximate surface area is 112 Å². The van der Waals surface area contributed by atoms with Crippen LogP contribution in [0, 0.1) is 5.82 Å². The Hall–Kier alpha value is -2.02. The lowest BCUT2D eigenvalue weighted by molar-refractivity contribution is -0.137. The van der Waals surface area contributed by atoms with Crippen LogP contribution in [0.25, 0.3) is 11.4 Å². The summed E-state index contributed by atoms with van der Waals surface area (Å²) in [5.41, 5.74) is 0.0615. The topological polar surface area (TPSA) is 80.9 Å². The van der Waals surface area contributed by atoms with Gasteiger partial charge in [0.15, 0.2) is 5.82 Å². The average Bonchev–Trinajstić information content (AvgIpc) is 2.76. The normalized spacial score (nSPS) is 12.4. The number of tetrazole rings is 1. The molecule has 8 heteroatoms. The predicted octanol–water partition coefficient (Wildman–Crippen LogP) is 2.17. The lowest BCUT2D eigenvalue weighted by Gasteiger charge is -2.12. The van der Waals surface area contributed by atoms with Crippen molar-refractivity contribution in [3.8, 4) is 11.4 Å². The molecule has 19 heavy (non-hydrogen) atoms. The molecule has 0 spiro atoms. The van der Waals surface area contributed by atoms with Crippen LogP contribution in [0.3, 0.4) is 0 Å². The van der Waals surface area contributed by atoms with Gasteiger partial charge in [0, 0.05) is 0 Å². The van der Waals surface area contributed by atoms with Crippen LogP contribution in [0.15, 0.2) is 18.2 Å². The second-order valence-electron chi connectivity index (χ2n) is 3.99. The van der Waals surface area contributed by atoms with Crippen molar-refractivity contribution in [2.45, 2.75) is 19.4 Å². The van der Waals surface area contributed by atoms with E-state index in [0.29, 0.717) is 0 Å². The molecule has 100 valence electrons. The van der Waals surface area contributed by atoms with Crippen LogP contribution < -0.4 is 0 Å². The van der Waals surface area contributed by atoms with E-state index in [2.05, 4.69) is 15.5 Å².